The van der Waals surface area contributed by atoms with Crippen LogP contribution in [0.2, 0.25) is 0 Å². The van der Waals surface area contributed by atoms with Crippen LogP contribution in [0.3, 0.4) is 0 Å². The molecule has 0 saturated carbocycles. The molecular formula is C25H25NO8. The largest absolute Gasteiger partial charge is 0.461 e. The molecule has 0 aliphatic rings. The Morgan fingerprint density at radius 2 is 1.76 bits per heavy atom. The Kier molecular flexibility index (Phi) is 7.35. The first kappa shape index (κ1) is 24.5. The number of alkyl carbamates (subject to hydrolysis) is 1. The Morgan fingerprint density at radius 1 is 1.00 bits per heavy atom. The molecule has 178 valence electrons. The van der Waals surface area contributed by atoms with Crippen LogP contribution in [0.15, 0.2) is 57.7 Å². The fourth-order valence-electron chi connectivity index (χ4n) is 2.96. The maximum Gasteiger partial charge on any atom is 0.407 e. The van der Waals surface area contributed by atoms with E-state index in [0.29, 0.717) is 16.5 Å². The molecule has 0 aliphatic heterocycles. The van der Waals surface area contributed by atoms with Gasteiger partial charge in [0, 0.05) is 18.9 Å². The summed E-state index contributed by atoms with van der Waals surface area (Å²) in [5.74, 6) is -1.12. The molecule has 0 bridgehead atoms. The lowest BCUT2D eigenvalue weighted by Gasteiger charge is -2.19. The third kappa shape index (κ3) is 6.93. The molecule has 1 aromatic heterocycles. The summed E-state index contributed by atoms with van der Waals surface area (Å²) in [6, 6.07) is 12.7. The molecule has 0 unspecified atom stereocenters. The summed E-state index contributed by atoms with van der Waals surface area (Å²) in [4.78, 5) is 47.9. The van der Waals surface area contributed by atoms with Crippen molar-refractivity contribution in [1.29, 1.82) is 0 Å². The lowest BCUT2D eigenvalue weighted by Crippen LogP contribution is -2.32. The number of rotatable bonds is 6. The van der Waals surface area contributed by atoms with Gasteiger partial charge in [-0.2, -0.15) is 0 Å². The molecule has 1 amide bonds. The normalized spacial score (nSPS) is 11.1. The summed E-state index contributed by atoms with van der Waals surface area (Å²) < 4.78 is 20.8. The van der Waals surface area contributed by atoms with Crippen molar-refractivity contribution < 1.29 is 33.0 Å². The van der Waals surface area contributed by atoms with Crippen molar-refractivity contribution in [3.8, 4) is 5.75 Å². The molecule has 9 heteroatoms. The highest BCUT2D eigenvalue weighted by atomic mass is 16.6. The lowest BCUT2D eigenvalue weighted by atomic mass is 10.1. The first-order valence-corrected chi connectivity index (χ1v) is 10.5. The molecule has 0 fully saturated rings. The smallest absolute Gasteiger partial charge is 0.407 e. The van der Waals surface area contributed by atoms with Crippen LogP contribution in [0, 0.1) is 0 Å². The number of carbonyl (C=O) groups is 3. The average molecular weight is 467 g/mol. The van der Waals surface area contributed by atoms with Gasteiger partial charge in [-0.15, -0.1) is 0 Å². The molecule has 9 nitrogen and oxygen atoms in total. The van der Waals surface area contributed by atoms with Gasteiger partial charge in [0.05, 0.1) is 0 Å². The van der Waals surface area contributed by atoms with Crippen LogP contribution in [-0.4, -0.2) is 23.6 Å². The van der Waals surface area contributed by atoms with E-state index in [-0.39, 0.29) is 30.0 Å². The predicted molar refractivity (Wildman–Crippen MR) is 122 cm³/mol. The Labute approximate surface area is 195 Å². The van der Waals surface area contributed by atoms with Gasteiger partial charge in [-0.1, -0.05) is 18.2 Å². The number of amides is 1. The Hall–Kier alpha value is -4.14. The lowest BCUT2D eigenvalue weighted by molar-refractivity contribution is -0.142. The SMILES string of the molecule is CC(=O)OCc1ccc2oc(=O)c(C(=O)Oc3cccc(CNC(=O)OC(C)(C)C)c3)cc2c1. The second kappa shape index (κ2) is 10.2. The second-order valence-electron chi connectivity index (χ2n) is 8.49. The fourth-order valence-corrected chi connectivity index (χ4v) is 2.96. The highest BCUT2D eigenvalue weighted by Gasteiger charge is 2.18. The standard InChI is InChI=1S/C25H25NO8/c1-15(27)31-14-17-8-9-21-18(10-17)12-20(23(29)33-21)22(28)32-19-7-5-6-16(11-19)13-26-24(30)34-25(2,3)4/h5-12H,13-14H2,1-4H3,(H,26,30). The summed E-state index contributed by atoms with van der Waals surface area (Å²) >= 11 is 0. The maximum absolute atomic E-state index is 12.7. The van der Waals surface area contributed by atoms with E-state index in [1.807, 2.05) is 0 Å². The van der Waals surface area contributed by atoms with Crippen LogP contribution in [0.4, 0.5) is 4.79 Å². The highest BCUT2D eigenvalue weighted by molar-refractivity contribution is 5.94. The zero-order valence-corrected chi connectivity index (χ0v) is 19.3. The third-order valence-corrected chi connectivity index (χ3v) is 4.40. The van der Waals surface area contributed by atoms with Crippen molar-refractivity contribution in [2.45, 2.75) is 46.4 Å². The first-order valence-electron chi connectivity index (χ1n) is 10.5. The number of fused-ring (bicyclic) bond motifs is 1. The van der Waals surface area contributed by atoms with Gasteiger partial charge in [0.1, 0.15) is 29.1 Å². The first-order chi connectivity index (χ1) is 16.0. The molecule has 0 saturated heterocycles. The number of hydrogen-bond acceptors (Lipinski definition) is 8. The van der Waals surface area contributed by atoms with Gasteiger partial charge < -0.3 is 23.9 Å². The molecule has 1 N–H and O–H groups in total. The van der Waals surface area contributed by atoms with Crippen molar-refractivity contribution in [3.05, 3.63) is 75.6 Å². The van der Waals surface area contributed by atoms with Gasteiger partial charge in [0.2, 0.25) is 0 Å². The molecule has 2 aromatic carbocycles. The van der Waals surface area contributed by atoms with E-state index in [4.69, 9.17) is 18.6 Å². The number of esters is 2. The summed E-state index contributed by atoms with van der Waals surface area (Å²) in [7, 11) is 0. The van der Waals surface area contributed by atoms with Crippen LogP contribution in [0.25, 0.3) is 11.0 Å². The molecule has 1 heterocycles. The van der Waals surface area contributed by atoms with Crippen LogP contribution < -0.4 is 15.7 Å². The number of carbonyl (C=O) groups excluding carboxylic acids is 3. The summed E-state index contributed by atoms with van der Waals surface area (Å²) in [6.45, 7) is 6.79. The molecule has 0 spiro atoms. The van der Waals surface area contributed by atoms with Gasteiger partial charge >= 0.3 is 23.7 Å². The van der Waals surface area contributed by atoms with E-state index >= 15 is 0 Å². The van der Waals surface area contributed by atoms with Gasteiger partial charge in [0.25, 0.3) is 0 Å². The van der Waals surface area contributed by atoms with E-state index in [1.54, 1.807) is 63.2 Å². The van der Waals surface area contributed by atoms with Crippen molar-refractivity contribution in [2.24, 2.45) is 0 Å². The van der Waals surface area contributed by atoms with Crippen LogP contribution in [0.5, 0.6) is 5.75 Å². The number of ether oxygens (including phenoxy) is 3. The van der Waals surface area contributed by atoms with E-state index in [9.17, 15) is 19.2 Å². The van der Waals surface area contributed by atoms with E-state index < -0.39 is 29.3 Å². The maximum atomic E-state index is 12.7. The Morgan fingerprint density at radius 3 is 2.47 bits per heavy atom. The highest BCUT2D eigenvalue weighted by Crippen LogP contribution is 2.19. The number of nitrogens with one attached hydrogen (secondary N) is 1. The number of benzene rings is 2. The molecule has 0 atom stereocenters. The minimum atomic E-state index is -0.890. The van der Waals surface area contributed by atoms with Gasteiger partial charge in [0.15, 0.2) is 0 Å². The van der Waals surface area contributed by atoms with Gasteiger partial charge in [-0.25, -0.2) is 14.4 Å². The van der Waals surface area contributed by atoms with E-state index in [1.165, 1.54) is 13.0 Å². The minimum absolute atomic E-state index is 0.0499. The van der Waals surface area contributed by atoms with Crippen molar-refractivity contribution in [2.75, 3.05) is 0 Å². The van der Waals surface area contributed by atoms with Crippen LogP contribution >= 0.6 is 0 Å². The topological polar surface area (TPSA) is 121 Å². The van der Waals surface area contributed by atoms with E-state index in [2.05, 4.69) is 5.32 Å². The zero-order valence-electron chi connectivity index (χ0n) is 19.3. The molecule has 34 heavy (non-hydrogen) atoms. The molecular weight excluding hydrogens is 442 g/mol. The Bertz CT molecular complexity index is 1290. The summed E-state index contributed by atoms with van der Waals surface area (Å²) in [5, 5.41) is 3.10. The van der Waals surface area contributed by atoms with E-state index in [0.717, 1.165) is 0 Å². The molecule has 3 aromatic rings. The van der Waals surface area contributed by atoms with Crippen LogP contribution in [0.1, 0.15) is 49.2 Å². The molecule has 0 aliphatic carbocycles. The Balaban J connectivity index is 1.73. The quantitative estimate of drug-likeness (QED) is 0.327. The second-order valence-corrected chi connectivity index (χ2v) is 8.49. The van der Waals surface area contributed by atoms with Crippen molar-refractivity contribution >= 4 is 29.0 Å². The third-order valence-electron chi connectivity index (χ3n) is 4.40. The van der Waals surface area contributed by atoms with Crippen LogP contribution in [-0.2, 0) is 27.4 Å². The zero-order chi connectivity index (χ0) is 24.9. The number of hydrogen-bond donors (Lipinski definition) is 1. The molecule has 3 rings (SSSR count). The fraction of sp³-hybridized carbons (Fsp3) is 0.280. The minimum Gasteiger partial charge on any atom is -0.461 e. The predicted octanol–water partition coefficient (Wildman–Crippen LogP) is 4.10. The van der Waals surface area contributed by atoms with Gasteiger partial charge in [-0.05, 0) is 62.2 Å². The summed E-state index contributed by atoms with van der Waals surface area (Å²) in [6.07, 6.45) is -0.572. The van der Waals surface area contributed by atoms with Crippen molar-refractivity contribution in [1.82, 2.24) is 5.32 Å². The monoisotopic (exact) mass is 467 g/mol. The molecule has 0 radical (unpaired) electrons. The van der Waals surface area contributed by atoms with Gasteiger partial charge in [-0.3, -0.25) is 4.79 Å². The van der Waals surface area contributed by atoms with Crippen molar-refractivity contribution in [3.63, 3.8) is 0 Å². The summed E-state index contributed by atoms with van der Waals surface area (Å²) in [5.41, 5.74) is -0.132. The average Bonchev–Trinajstić information content (AvgIpc) is 2.75.